The van der Waals surface area contributed by atoms with Gasteiger partial charge in [-0.2, -0.15) is 4.98 Å². The summed E-state index contributed by atoms with van der Waals surface area (Å²) < 4.78 is 22.5. The van der Waals surface area contributed by atoms with E-state index in [0.29, 0.717) is 22.7 Å². The van der Waals surface area contributed by atoms with Crippen LogP contribution in [0.25, 0.3) is 22.2 Å². The molecule has 198 valence electrons. The van der Waals surface area contributed by atoms with E-state index in [1.165, 1.54) is 31.4 Å². The molecule has 6 rings (SSSR count). The van der Waals surface area contributed by atoms with Crippen LogP contribution in [0, 0.1) is 5.82 Å². The van der Waals surface area contributed by atoms with E-state index in [1.807, 2.05) is 6.20 Å². The normalized spacial score (nSPS) is 17.7. The standard InChI is InChI=1S/C30H33ClFN5O/c1-36-13-11-26(12-14-36)38-25-9-7-20(8-10-25)28-19-37(24-5-3-2-4-6-24)29-27(28)18-33-30(35-29)34-23-16-21(31)15-22(32)17-23/h7-10,15-19,24,26H,2-6,11-14H2,1H3,(H,33,34,35). The molecular weight excluding hydrogens is 501 g/mol. The summed E-state index contributed by atoms with van der Waals surface area (Å²) in [5.41, 5.74) is 3.63. The summed E-state index contributed by atoms with van der Waals surface area (Å²) in [6.07, 6.45) is 12.5. The fourth-order valence-corrected chi connectivity index (χ4v) is 5.94. The number of halogens is 2. The predicted molar refractivity (Wildman–Crippen MR) is 151 cm³/mol. The lowest BCUT2D eigenvalue weighted by molar-refractivity contribution is 0.114. The minimum atomic E-state index is -0.405. The van der Waals surface area contributed by atoms with Crippen molar-refractivity contribution in [2.75, 3.05) is 25.5 Å². The Kier molecular flexibility index (Phi) is 7.22. The molecule has 0 unspecified atom stereocenters. The summed E-state index contributed by atoms with van der Waals surface area (Å²) in [7, 11) is 2.16. The Labute approximate surface area is 227 Å². The van der Waals surface area contributed by atoms with Crippen molar-refractivity contribution < 1.29 is 9.13 Å². The van der Waals surface area contributed by atoms with Crippen LogP contribution in [0.1, 0.15) is 51.0 Å². The van der Waals surface area contributed by atoms with Crippen LogP contribution in [0.2, 0.25) is 5.02 Å². The molecule has 1 aliphatic carbocycles. The fourth-order valence-electron chi connectivity index (χ4n) is 5.72. The molecule has 2 aromatic carbocycles. The second kappa shape index (κ2) is 10.9. The molecule has 3 heterocycles. The number of ether oxygens (including phenoxy) is 1. The first kappa shape index (κ1) is 25.1. The molecule has 1 saturated carbocycles. The van der Waals surface area contributed by atoms with E-state index in [0.717, 1.165) is 66.7 Å². The number of benzene rings is 2. The van der Waals surface area contributed by atoms with E-state index in [-0.39, 0.29) is 6.10 Å². The van der Waals surface area contributed by atoms with Crippen molar-refractivity contribution >= 4 is 34.3 Å². The first-order valence-electron chi connectivity index (χ1n) is 13.6. The smallest absolute Gasteiger partial charge is 0.229 e. The molecule has 1 saturated heterocycles. The summed E-state index contributed by atoms with van der Waals surface area (Å²) in [4.78, 5) is 11.8. The molecule has 38 heavy (non-hydrogen) atoms. The van der Waals surface area contributed by atoms with E-state index in [4.69, 9.17) is 21.3 Å². The van der Waals surface area contributed by atoms with Gasteiger partial charge in [0.15, 0.2) is 0 Å². The molecule has 6 nitrogen and oxygen atoms in total. The van der Waals surface area contributed by atoms with Crippen LogP contribution in [0.5, 0.6) is 5.75 Å². The van der Waals surface area contributed by atoms with Crippen LogP contribution in [0.4, 0.5) is 16.0 Å². The van der Waals surface area contributed by atoms with Gasteiger partial charge in [0.2, 0.25) is 5.95 Å². The third-order valence-electron chi connectivity index (χ3n) is 7.79. The van der Waals surface area contributed by atoms with Crippen LogP contribution >= 0.6 is 11.6 Å². The molecule has 4 aromatic rings. The number of rotatable bonds is 6. The monoisotopic (exact) mass is 533 g/mol. The van der Waals surface area contributed by atoms with E-state index >= 15 is 0 Å². The fraction of sp³-hybridized carbons (Fsp3) is 0.400. The van der Waals surface area contributed by atoms with Crippen LogP contribution in [-0.2, 0) is 0 Å². The Morgan fingerprint density at radius 2 is 1.76 bits per heavy atom. The van der Waals surface area contributed by atoms with Gasteiger partial charge in [-0.15, -0.1) is 0 Å². The predicted octanol–water partition coefficient (Wildman–Crippen LogP) is 7.61. The summed E-state index contributed by atoms with van der Waals surface area (Å²) in [6.45, 7) is 2.15. The summed E-state index contributed by atoms with van der Waals surface area (Å²) >= 11 is 6.04. The van der Waals surface area contributed by atoms with Gasteiger partial charge in [-0.1, -0.05) is 43.0 Å². The Morgan fingerprint density at radius 3 is 2.50 bits per heavy atom. The van der Waals surface area contributed by atoms with Crippen LogP contribution < -0.4 is 10.1 Å². The zero-order valence-corrected chi connectivity index (χ0v) is 22.4. The summed E-state index contributed by atoms with van der Waals surface area (Å²) in [5.74, 6) is 0.927. The van der Waals surface area contributed by atoms with E-state index in [1.54, 1.807) is 6.07 Å². The Bertz CT molecular complexity index is 1390. The second-order valence-electron chi connectivity index (χ2n) is 10.6. The number of hydrogen-bond donors (Lipinski definition) is 1. The molecule has 0 amide bonds. The number of fused-ring (bicyclic) bond motifs is 1. The van der Waals surface area contributed by atoms with Crippen molar-refractivity contribution in [3.63, 3.8) is 0 Å². The van der Waals surface area contributed by atoms with Crippen LogP contribution in [0.15, 0.2) is 54.9 Å². The van der Waals surface area contributed by atoms with E-state index in [9.17, 15) is 4.39 Å². The number of likely N-dealkylation sites (tertiary alicyclic amines) is 1. The molecule has 2 aromatic heterocycles. The molecule has 1 aliphatic heterocycles. The lowest BCUT2D eigenvalue weighted by Crippen LogP contribution is -2.35. The first-order chi connectivity index (χ1) is 18.5. The van der Waals surface area contributed by atoms with Gasteiger partial charge in [0.05, 0.1) is 0 Å². The first-order valence-corrected chi connectivity index (χ1v) is 14.0. The number of aromatic nitrogens is 3. The Balaban J connectivity index is 1.31. The highest BCUT2D eigenvalue weighted by atomic mass is 35.5. The molecule has 0 radical (unpaired) electrons. The molecule has 0 bridgehead atoms. The van der Waals surface area contributed by atoms with Crippen molar-refractivity contribution in [1.29, 1.82) is 0 Å². The van der Waals surface area contributed by atoms with Gasteiger partial charge < -0.3 is 19.5 Å². The number of nitrogens with zero attached hydrogens (tertiary/aromatic N) is 4. The lowest BCUT2D eigenvalue weighted by atomic mass is 9.95. The molecule has 1 N–H and O–H groups in total. The quantitative estimate of drug-likeness (QED) is 0.276. The maximum absolute atomic E-state index is 13.9. The average Bonchev–Trinajstić information content (AvgIpc) is 3.29. The van der Waals surface area contributed by atoms with Gasteiger partial charge in [-0.05, 0) is 68.6 Å². The third kappa shape index (κ3) is 5.49. The van der Waals surface area contributed by atoms with Crippen molar-refractivity contribution in [3.05, 3.63) is 65.7 Å². The van der Waals surface area contributed by atoms with Crippen molar-refractivity contribution in [1.82, 2.24) is 19.4 Å². The van der Waals surface area contributed by atoms with Gasteiger partial charge in [0.25, 0.3) is 0 Å². The number of piperidine rings is 1. The highest BCUT2D eigenvalue weighted by molar-refractivity contribution is 6.30. The maximum atomic E-state index is 13.9. The van der Waals surface area contributed by atoms with Gasteiger partial charge in [0.1, 0.15) is 23.3 Å². The van der Waals surface area contributed by atoms with Crippen molar-refractivity contribution in [3.8, 4) is 16.9 Å². The largest absolute Gasteiger partial charge is 0.490 e. The molecule has 8 heteroatoms. The van der Waals surface area contributed by atoms with Gasteiger partial charge in [-0.3, -0.25) is 0 Å². The van der Waals surface area contributed by atoms with Crippen LogP contribution in [-0.4, -0.2) is 45.7 Å². The second-order valence-corrected chi connectivity index (χ2v) is 11.0. The molecule has 0 spiro atoms. The topological polar surface area (TPSA) is 55.2 Å². The van der Waals surface area contributed by atoms with Crippen molar-refractivity contribution in [2.45, 2.75) is 57.1 Å². The zero-order chi connectivity index (χ0) is 26.1. The zero-order valence-electron chi connectivity index (χ0n) is 21.7. The lowest BCUT2D eigenvalue weighted by Gasteiger charge is -2.29. The number of hydrogen-bond acceptors (Lipinski definition) is 5. The number of anilines is 2. The molecule has 2 fully saturated rings. The van der Waals surface area contributed by atoms with Crippen molar-refractivity contribution in [2.24, 2.45) is 0 Å². The third-order valence-corrected chi connectivity index (χ3v) is 8.01. The molecule has 2 aliphatic rings. The van der Waals surface area contributed by atoms with Crippen LogP contribution in [0.3, 0.4) is 0 Å². The highest BCUT2D eigenvalue weighted by Crippen LogP contribution is 2.37. The summed E-state index contributed by atoms with van der Waals surface area (Å²) in [6, 6.07) is 13.1. The minimum absolute atomic E-state index is 0.276. The highest BCUT2D eigenvalue weighted by Gasteiger charge is 2.22. The average molecular weight is 534 g/mol. The van der Waals surface area contributed by atoms with E-state index in [2.05, 4.69) is 57.3 Å². The summed E-state index contributed by atoms with van der Waals surface area (Å²) in [5, 5.41) is 4.45. The maximum Gasteiger partial charge on any atom is 0.229 e. The van der Waals surface area contributed by atoms with E-state index < -0.39 is 5.82 Å². The molecular formula is C30H33ClFN5O. The van der Waals surface area contributed by atoms with Gasteiger partial charge in [0, 0.05) is 53.2 Å². The Morgan fingerprint density at radius 1 is 1.00 bits per heavy atom. The van der Waals surface area contributed by atoms with Gasteiger partial charge in [-0.25, -0.2) is 9.37 Å². The van der Waals surface area contributed by atoms with Gasteiger partial charge >= 0.3 is 0 Å². The minimum Gasteiger partial charge on any atom is -0.490 e. The Hall–Kier alpha value is -3.16. The molecule has 0 atom stereocenters. The number of nitrogens with one attached hydrogen (secondary N) is 1. The SMILES string of the molecule is CN1CCC(Oc2ccc(-c3cn(C4CCCCC4)c4nc(Nc5cc(F)cc(Cl)c5)ncc34)cc2)CC1.